The smallest absolute Gasteiger partial charge is 0.164 e. The molecular weight excluding hydrogens is 669 g/mol. The molecule has 0 radical (unpaired) electrons. The highest BCUT2D eigenvalue weighted by molar-refractivity contribution is 6.28. The number of hydrogen-bond donors (Lipinski definition) is 0. The molecular formula is C51H32N4. The van der Waals surface area contributed by atoms with Gasteiger partial charge in [0.05, 0.1) is 11.0 Å². The molecule has 0 aliphatic heterocycles. The van der Waals surface area contributed by atoms with Gasteiger partial charge >= 0.3 is 0 Å². The van der Waals surface area contributed by atoms with Gasteiger partial charge in [-0.25, -0.2) is 15.0 Å². The summed E-state index contributed by atoms with van der Waals surface area (Å²) < 4.78 is 2.42. The van der Waals surface area contributed by atoms with Crippen LogP contribution in [0, 0.1) is 0 Å². The summed E-state index contributed by atoms with van der Waals surface area (Å²) in [6.07, 6.45) is 0. The lowest BCUT2D eigenvalue weighted by molar-refractivity contribution is 1.07. The van der Waals surface area contributed by atoms with Gasteiger partial charge in [0, 0.05) is 38.5 Å². The Morgan fingerprint density at radius 1 is 0.291 bits per heavy atom. The number of aromatic nitrogens is 4. The molecule has 0 aliphatic rings. The Hall–Kier alpha value is -7.43. The van der Waals surface area contributed by atoms with Crippen molar-refractivity contribution >= 4 is 54.1 Å². The number of fused-ring (bicyclic) bond motifs is 9. The van der Waals surface area contributed by atoms with Gasteiger partial charge in [-0.1, -0.05) is 170 Å². The Kier molecular flexibility index (Phi) is 7.14. The van der Waals surface area contributed by atoms with Crippen LogP contribution in [-0.2, 0) is 0 Å². The minimum absolute atomic E-state index is 0.630. The quantitative estimate of drug-likeness (QED) is 0.168. The first-order valence-electron chi connectivity index (χ1n) is 18.6. The molecule has 0 amide bonds. The summed E-state index contributed by atoms with van der Waals surface area (Å²) in [5.74, 6) is 1.90. The highest BCUT2D eigenvalue weighted by Crippen LogP contribution is 2.43. The third-order valence-electron chi connectivity index (χ3n) is 10.8. The molecule has 256 valence electrons. The van der Waals surface area contributed by atoms with Crippen LogP contribution in [0.4, 0.5) is 0 Å². The van der Waals surface area contributed by atoms with Crippen LogP contribution in [0.15, 0.2) is 194 Å². The molecule has 4 heteroatoms. The van der Waals surface area contributed by atoms with Crippen molar-refractivity contribution in [2.24, 2.45) is 0 Å². The first-order valence-corrected chi connectivity index (χ1v) is 18.6. The third-order valence-corrected chi connectivity index (χ3v) is 10.8. The van der Waals surface area contributed by atoms with Gasteiger partial charge in [-0.15, -0.1) is 0 Å². The molecule has 0 unspecified atom stereocenters. The molecule has 0 N–H and O–H groups in total. The predicted molar refractivity (Wildman–Crippen MR) is 228 cm³/mol. The molecule has 2 aromatic heterocycles. The lowest BCUT2D eigenvalue weighted by Crippen LogP contribution is -2.02. The minimum atomic E-state index is 0.630. The lowest BCUT2D eigenvalue weighted by Gasteiger charge is -2.18. The van der Waals surface area contributed by atoms with Gasteiger partial charge in [0.1, 0.15) is 0 Å². The minimum Gasteiger partial charge on any atom is -0.309 e. The zero-order chi connectivity index (χ0) is 36.3. The van der Waals surface area contributed by atoms with Gasteiger partial charge in [0.15, 0.2) is 17.5 Å². The molecule has 11 aromatic rings. The van der Waals surface area contributed by atoms with E-state index in [1.54, 1.807) is 0 Å². The van der Waals surface area contributed by atoms with Crippen molar-refractivity contribution in [2.75, 3.05) is 0 Å². The molecule has 9 aromatic carbocycles. The Morgan fingerprint density at radius 2 is 0.764 bits per heavy atom. The average molecular weight is 701 g/mol. The maximum atomic E-state index is 5.31. The fraction of sp³-hybridized carbons (Fsp3) is 0. The second-order valence-electron chi connectivity index (χ2n) is 14.0. The van der Waals surface area contributed by atoms with Crippen molar-refractivity contribution in [1.29, 1.82) is 0 Å². The highest BCUT2D eigenvalue weighted by atomic mass is 15.0. The zero-order valence-corrected chi connectivity index (χ0v) is 29.8. The number of nitrogens with zero attached hydrogens (tertiary/aromatic N) is 4. The van der Waals surface area contributed by atoms with E-state index in [0.29, 0.717) is 17.5 Å². The molecule has 0 saturated heterocycles. The molecule has 2 heterocycles. The van der Waals surface area contributed by atoms with Crippen molar-refractivity contribution in [2.45, 2.75) is 0 Å². The number of para-hydroxylation sites is 1. The second-order valence-corrected chi connectivity index (χ2v) is 14.0. The van der Waals surface area contributed by atoms with Crippen LogP contribution in [0.25, 0.3) is 105 Å². The average Bonchev–Trinajstić information content (AvgIpc) is 3.60. The molecule has 0 bridgehead atoms. The van der Waals surface area contributed by atoms with Gasteiger partial charge in [0.25, 0.3) is 0 Å². The van der Waals surface area contributed by atoms with E-state index in [2.05, 4.69) is 162 Å². The van der Waals surface area contributed by atoms with Gasteiger partial charge in [-0.2, -0.15) is 0 Å². The van der Waals surface area contributed by atoms with E-state index in [9.17, 15) is 0 Å². The third kappa shape index (κ3) is 5.11. The lowest BCUT2D eigenvalue weighted by atomic mass is 9.91. The first kappa shape index (κ1) is 31.1. The summed E-state index contributed by atoms with van der Waals surface area (Å²) in [4.78, 5) is 15.7. The largest absolute Gasteiger partial charge is 0.309 e. The fourth-order valence-corrected chi connectivity index (χ4v) is 8.31. The Morgan fingerprint density at radius 3 is 1.40 bits per heavy atom. The maximum absolute atomic E-state index is 5.31. The molecule has 0 spiro atoms. The van der Waals surface area contributed by atoms with Crippen LogP contribution in [0.2, 0.25) is 0 Å². The molecule has 0 aliphatic carbocycles. The van der Waals surface area contributed by atoms with E-state index < -0.39 is 0 Å². The van der Waals surface area contributed by atoms with Gasteiger partial charge in [-0.3, -0.25) is 0 Å². The molecule has 0 saturated carbocycles. The molecule has 0 fully saturated rings. The van der Waals surface area contributed by atoms with Crippen LogP contribution in [-0.4, -0.2) is 19.5 Å². The summed E-state index contributed by atoms with van der Waals surface area (Å²) in [7, 11) is 0. The predicted octanol–water partition coefficient (Wildman–Crippen LogP) is 13.1. The van der Waals surface area contributed by atoms with Crippen LogP contribution < -0.4 is 0 Å². The van der Waals surface area contributed by atoms with Crippen molar-refractivity contribution < 1.29 is 0 Å². The monoisotopic (exact) mass is 700 g/mol. The molecule has 11 rings (SSSR count). The van der Waals surface area contributed by atoms with Crippen molar-refractivity contribution in [3.05, 3.63) is 194 Å². The van der Waals surface area contributed by atoms with Crippen molar-refractivity contribution in [3.8, 4) is 51.0 Å². The van der Waals surface area contributed by atoms with Crippen LogP contribution in [0.1, 0.15) is 0 Å². The first-order chi connectivity index (χ1) is 27.3. The molecule has 0 atom stereocenters. The van der Waals surface area contributed by atoms with Gasteiger partial charge in [0.2, 0.25) is 0 Å². The topological polar surface area (TPSA) is 43.6 Å². The highest BCUT2D eigenvalue weighted by Gasteiger charge is 2.21. The SMILES string of the molecule is c1ccc(-c2ccc3c4ccccc4n(-c4cc(-c5nc(-c6ccccc6)nc(-c6ccccc6)n5)c5c6ccccc6c6ccccc6c5c4)c3c2)cc1. The molecule has 55 heavy (non-hydrogen) atoms. The van der Waals surface area contributed by atoms with Crippen LogP contribution in [0.5, 0.6) is 0 Å². The summed E-state index contributed by atoms with van der Waals surface area (Å²) >= 11 is 0. The van der Waals surface area contributed by atoms with Gasteiger partial charge < -0.3 is 4.57 Å². The number of benzene rings is 9. The van der Waals surface area contributed by atoms with E-state index in [1.165, 1.54) is 38.1 Å². The second kappa shape index (κ2) is 12.6. The molecule has 4 nitrogen and oxygen atoms in total. The summed E-state index contributed by atoms with van der Waals surface area (Å²) in [6.45, 7) is 0. The van der Waals surface area contributed by atoms with Crippen LogP contribution >= 0.6 is 0 Å². The van der Waals surface area contributed by atoms with E-state index in [1.807, 2.05) is 36.4 Å². The number of rotatable bonds is 5. The van der Waals surface area contributed by atoms with Crippen molar-refractivity contribution in [1.82, 2.24) is 19.5 Å². The Balaban J connectivity index is 1.30. The summed E-state index contributed by atoms with van der Waals surface area (Å²) in [5, 5.41) is 9.44. The Labute approximate surface area is 317 Å². The standard InChI is InChI=1S/C51H32N4/c1-4-16-33(17-5-1)36-28-29-42-41-25-14-15-27-46(41)55(47(42)30-36)37-31-44-40-24-11-10-22-38(40)39-23-12-13-26-43(39)48(44)45(32-37)51-53-49(34-18-6-2-7-19-34)52-50(54-51)35-20-8-3-9-21-35/h1-32H. The Bertz CT molecular complexity index is 3180. The van der Waals surface area contributed by atoms with E-state index >= 15 is 0 Å². The van der Waals surface area contributed by atoms with E-state index in [-0.39, 0.29) is 0 Å². The van der Waals surface area contributed by atoms with Crippen molar-refractivity contribution in [3.63, 3.8) is 0 Å². The van der Waals surface area contributed by atoms with E-state index in [4.69, 9.17) is 15.0 Å². The fourth-order valence-electron chi connectivity index (χ4n) is 8.31. The van der Waals surface area contributed by atoms with E-state index in [0.717, 1.165) is 49.6 Å². The normalized spacial score (nSPS) is 11.6. The summed E-state index contributed by atoms with van der Waals surface area (Å²) in [6, 6.07) is 68.7. The zero-order valence-electron chi connectivity index (χ0n) is 29.8. The van der Waals surface area contributed by atoms with Gasteiger partial charge in [-0.05, 0) is 62.3 Å². The number of hydrogen-bond acceptors (Lipinski definition) is 3. The van der Waals surface area contributed by atoms with Crippen LogP contribution in [0.3, 0.4) is 0 Å². The maximum Gasteiger partial charge on any atom is 0.164 e. The summed E-state index contributed by atoms with van der Waals surface area (Å²) in [5.41, 5.74) is 8.52.